The van der Waals surface area contributed by atoms with E-state index in [1.165, 1.54) is 14.2 Å². The molecular weight excluding hydrogens is 196 g/mol. The second-order valence-electron chi connectivity index (χ2n) is 3.91. The largest absolute Gasteiger partial charge is 0.354 e. The zero-order chi connectivity index (χ0) is 12.0. The summed E-state index contributed by atoms with van der Waals surface area (Å²) in [6, 6.07) is -0.723. The average molecular weight is 218 g/mol. The molecule has 90 valence electrons. The van der Waals surface area contributed by atoms with Crippen molar-refractivity contribution >= 4 is 5.91 Å². The van der Waals surface area contributed by atoms with Gasteiger partial charge in [0.05, 0.1) is 12.1 Å². The highest BCUT2D eigenvalue weighted by Crippen LogP contribution is 2.02. The number of methoxy groups -OCH3 is 2. The summed E-state index contributed by atoms with van der Waals surface area (Å²) in [5.74, 6) is -0.0719. The van der Waals surface area contributed by atoms with Gasteiger partial charge in [0.2, 0.25) is 5.91 Å². The highest BCUT2D eigenvalue weighted by Gasteiger charge is 2.22. The van der Waals surface area contributed by atoms with E-state index in [9.17, 15) is 4.79 Å². The van der Waals surface area contributed by atoms with Gasteiger partial charge in [-0.1, -0.05) is 13.8 Å². The maximum absolute atomic E-state index is 11.6. The van der Waals surface area contributed by atoms with Crippen LogP contribution in [0.4, 0.5) is 0 Å². The first-order valence-corrected chi connectivity index (χ1v) is 5.05. The Labute approximate surface area is 91.3 Å². The van der Waals surface area contributed by atoms with Crippen LogP contribution in [0.1, 0.15) is 20.8 Å². The van der Waals surface area contributed by atoms with Gasteiger partial charge in [0.1, 0.15) is 0 Å². The van der Waals surface area contributed by atoms with Gasteiger partial charge in [-0.15, -0.1) is 0 Å². The maximum atomic E-state index is 11.6. The first-order valence-electron chi connectivity index (χ1n) is 5.05. The summed E-state index contributed by atoms with van der Waals surface area (Å²) in [4.78, 5) is 11.6. The molecule has 0 radical (unpaired) electrons. The minimum absolute atomic E-state index is 0.112. The van der Waals surface area contributed by atoms with Crippen LogP contribution in [0.5, 0.6) is 0 Å². The minimum Gasteiger partial charge on any atom is -0.354 e. The standard InChI is InChI=1S/C10H22N2O3/c1-6(2)8(11)9(13)12-7(3)10(14-4)15-5/h6-8,10H,11H2,1-5H3,(H,12,13)/t7?,8-/m1/s1. The number of carbonyl (C=O) groups excluding carboxylic acids is 1. The van der Waals surface area contributed by atoms with Gasteiger partial charge < -0.3 is 20.5 Å². The Hall–Kier alpha value is -0.650. The molecule has 0 aromatic rings. The van der Waals surface area contributed by atoms with Crippen LogP contribution in [-0.2, 0) is 14.3 Å². The molecule has 15 heavy (non-hydrogen) atoms. The van der Waals surface area contributed by atoms with Crippen LogP contribution in [0.25, 0.3) is 0 Å². The van der Waals surface area contributed by atoms with Gasteiger partial charge >= 0.3 is 0 Å². The molecule has 0 aromatic heterocycles. The van der Waals surface area contributed by atoms with E-state index in [0.717, 1.165) is 0 Å². The number of rotatable bonds is 6. The van der Waals surface area contributed by atoms with E-state index < -0.39 is 12.3 Å². The van der Waals surface area contributed by atoms with Gasteiger partial charge in [0.15, 0.2) is 6.29 Å². The van der Waals surface area contributed by atoms with Crippen LogP contribution < -0.4 is 11.1 Å². The highest BCUT2D eigenvalue weighted by molar-refractivity contribution is 5.82. The number of carbonyl (C=O) groups is 1. The Bertz CT molecular complexity index is 193. The van der Waals surface area contributed by atoms with Gasteiger partial charge in [-0.05, 0) is 12.8 Å². The molecule has 0 rings (SSSR count). The predicted octanol–water partition coefficient (Wildman–Crippen LogP) is 0.0933. The summed E-state index contributed by atoms with van der Waals surface area (Å²) < 4.78 is 10.0. The lowest BCUT2D eigenvalue weighted by molar-refractivity contribution is -0.137. The lowest BCUT2D eigenvalue weighted by Gasteiger charge is -2.24. The van der Waals surface area contributed by atoms with Crippen molar-refractivity contribution in [3.63, 3.8) is 0 Å². The molecule has 0 heterocycles. The SMILES string of the molecule is COC(OC)C(C)NC(=O)[C@H](N)C(C)C. The third-order valence-electron chi connectivity index (χ3n) is 2.26. The molecule has 1 unspecified atom stereocenters. The summed E-state index contributed by atoms with van der Waals surface area (Å²) in [6.07, 6.45) is -0.451. The molecule has 5 nitrogen and oxygen atoms in total. The Kier molecular flexibility index (Phi) is 6.47. The van der Waals surface area contributed by atoms with Crippen molar-refractivity contribution in [2.75, 3.05) is 14.2 Å². The summed E-state index contributed by atoms with van der Waals surface area (Å²) in [5.41, 5.74) is 5.70. The molecule has 0 bridgehead atoms. The van der Waals surface area contributed by atoms with E-state index in [1.54, 1.807) is 0 Å². The molecule has 0 aliphatic carbocycles. The fourth-order valence-electron chi connectivity index (χ4n) is 1.20. The minimum atomic E-state index is -0.498. The van der Waals surface area contributed by atoms with Crippen LogP contribution >= 0.6 is 0 Å². The van der Waals surface area contributed by atoms with E-state index in [0.29, 0.717) is 0 Å². The second-order valence-corrected chi connectivity index (χ2v) is 3.91. The van der Waals surface area contributed by atoms with Gasteiger partial charge in [0.25, 0.3) is 0 Å². The summed E-state index contributed by atoms with van der Waals surface area (Å²) in [5, 5.41) is 2.75. The van der Waals surface area contributed by atoms with Crippen LogP contribution in [0, 0.1) is 5.92 Å². The zero-order valence-corrected chi connectivity index (χ0v) is 10.1. The van der Waals surface area contributed by atoms with Crippen LogP contribution in [0.2, 0.25) is 0 Å². The van der Waals surface area contributed by atoms with Gasteiger partial charge in [-0.25, -0.2) is 0 Å². The molecule has 3 N–H and O–H groups in total. The van der Waals surface area contributed by atoms with E-state index in [-0.39, 0.29) is 17.9 Å². The lowest BCUT2D eigenvalue weighted by atomic mass is 10.0. The summed E-state index contributed by atoms with van der Waals surface area (Å²) >= 11 is 0. The maximum Gasteiger partial charge on any atom is 0.237 e. The molecule has 0 saturated carbocycles. The van der Waals surface area contributed by atoms with E-state index in [4.69, 9.17) is 15.2 Å². The highest BCUT2D eigenvalue weighted by atomic mass is 16.7. The fourth-order valence-corrected chi connectivity index (χ4v) is 1.20. The Balaban J connectivity index is 4.16. The number of nitrogens with one attached hydrogen (secondary N) is 1. The van der Waals surface area contributed by atoms with Crippen LogP contribution in [0.3, 0.4) is 0 Å². The van der Waals surface area contributed by atoms with E-state index in [2.05, 4.69) is 5.32 Å². The van der Waals surface area contributed by atoms with Gasteiger partial charge in [0, 0.05) is 14.2 Å². The number of hydrogen-bond donors (Lipinski definition) is 2. The van der Waals surface area contributed by atoms with E-state index >= 15 is 0 Å². The first-order chi connectivity index (χ1) is 6.93. The van der Waals surface area contributed by atoms with Crippen molar-refractivity contribution in [3.8, 4) is 0 Å². The van der Waals surface area contributed by atoms with Crippen molar-refractivity contribution in [3.05, 3.63) is 0 Å². The summed E-state index contributed by atoms with van der Waals surface area (Å²) in [6.45, 7) is 5.61. The molecule has 0 saturated heterocycles. The van der Waals surface area contributed by atoms with Gasteiger partial charge in [-0.3, -0.25) is 4.79 Å². The average Bonchev–Trinajstić information content (AvgIpc) is 2.18. The number of hydrogen-bond acceptors (Lipinski definition) is 4. The Morgan fingerprint density at radius 2 is 1.67 bits per heavy atom. The van der Waals surface area contributed by atoms with Crippen molar-refractivity contribution in [1.29, 1.82) is 0 Å². The summed E-state index contributed by atoms with van der Waals surface area (Å²) in [7, 11) is 3.05. The molecule has 2 atom stereocenters. The number of ether oxygens (including phenoxy) is 2. The molecular formula is C10H22N2O3. The van der Waals surface area contributed by atoms with Gasteiger partial charge in [-0.2, -0.15) is 0 Å². The fraction of sp³-hybridized carbons (Fsp3) is 0.900. The van der Waals surface area contributed by atoms with E-state index in [1.807, 2.05) is 20.8 Å². The molecule has 1 amide bonds. The lowest BCUT2D eigenvalue weighted by Crippen LogP contribution is -2.51. The smallest absolute Gasteiger partial charge is 0.237 e. The van der Waals surface area contributed by atoms with Crippen molar-refractivity contribution in [1.82, 2.24) is 5.32 Å². The Morgan fingerprint density at radius 3 is 2.00 bits per heavy atom. The number of amides is 1. The molecule has 0 aliphatic rings. The monoisotopic (exact) mass is 218 g/mol. The third-order valence-corrected chi connectivity index (χ3v) is 2.26. The normalized spacial score (nSPS) is 15.5. The van der Waals surface area contributed by atoms with Crippen molar-refractivity contribution in [2.45, 2.75) is 39.1 Å². The molecule has 0 fully saturated rings. The third kappa shape index (κ3) is 4.59. The molecule has 5 heteroatoms. The second kappa shape index (κ2) is 6.76. The van der Waals surface area contributed by atoms with Crippen LogP contribution in [0.15, 0.2) is 0 Å². The Morgan fingerprint density at radius 1 is 1.20 bits per heavy atom. The zero-order valence-electron chi connectivity index (χ0n) is 10.1. The molecule has 0 spiro atoms. The molecule has 0 aliphatic heterocycles. The first kappa shape index (κ1) is 14.3. The number of nitrogens with two attached hydrogens (primary N) is 1. The van der Waals surface area contributed by atoms with Crippen molar-refractivity contribution < 1.29 is 14.3 Å². The quantitative estimate of drug-likeness (QED) is 0.620. The predicted molar refractivity (Wildman–Crippen MR) is 58.2 cm³/mol. The topological polar surface area (TPSA) is 73.6 Å². The van der Waals surface area contributed by atoms with Crippen molar-refractivity contribution in [2.24, 2.45) is 11.7 Å². The molecule has 0 aromatic carbocycles. The van der Waals surface area contributed by atoms with Crippen LogP contribution in [-0.4, -0.2) is 38.5 Å².